The first-order valence-corrected chi connectivity index (χ1v) is 7.58. The molecule has 0 aliphatic heterocycles. The van der Waals surface area contributed by atoms with E-state index in [0.29, 0.717) is 12.3 Å². The Kier molecular flexibility index (Phi) is 10.8. The quantitative estimate of drug-likeness (QED) is 0.401. The van der Waals surface area contributed by atoms with Crippen molar-refractivity contribution in [3.8, 4) is 0 Å². The average Bonchev–Trinajstić information content (AvgIpc) is 2.30. The first kappa shape index (κ1) is 17.9. The van der Waals surface area contributed by atoms with Gasteiger partial charge in [0, 0.05) is 12.3 Å². The normalized spacial score (nSPS) is 14.2. The monoisotopic (exact) mass is 294 g/mol. The van der Waals surface area contributed by atoms with Crippen molar-refractivity contribution in [1.82, 2.24) is 0 Å². The molecule has 0 aliphatic rings. The average molecular weight is 295 g/mol. The Morgan fingerprint density at radius 3 is 1.89 bits per heavy atom. The van der Waals surface area contributed by atoms with Crippen LogP contribution in [0.5, 0.6) is 0 Å². The maximum Gasteiger partial charge on any atom is 0.224 e. The standard InChI is InChI=1S/C14H24Cl2O2/c1-11(12(2)14(16)18)9-7-5-3-4-6-8-10-13(15)17/h11-12H,3-10H2,1-2H3. The fourth-order valence-electron chi connectivity index (χ4n) is 1.91. The second-order valence-corrected chi connectivity index (χ2v) is 5.88. The first-order chi connectivity index (χ1) is 8.45. The zero-order chi connectivity index (χ0) is 14.0. The van der Waals surface area contributed by atoms with Crippen molar-refractivity contribution in [2.45, 2.75) is 65.2 Å². The molecule has 2 nitrogen and oxygen atoms in total. The molecule has 0 radical (unpaired) electrons. The molecule has 0 rings (SSSR count). The van der Waals surface area contributed by atoms with Crippen molar-refractivity contribution in [2.75, 3.05) is 0 Å². The first-order valence-electron chi connectivity index (χ1n) is 6.82. The molecule has 0 fully saturated rings. The fraction of sp³-hybridized carbons (Fsp3) is 0.857. The summed E-state index contributed by atoms with van der Waals surface area (Å²) in [5.41, 5.74) is 0. The Morgan fingerprint density at radius 1 is 0.889 bits per heavy atom. The predicted molar refractivity (Wildman–Crippen MR) is 77.0 cm³/mol. The number of carbonyl (C=O) groups is 2. The van der Waals surface area contributed by atoms with E-state index < -0.39 is 0 Å². The third kappa shape index (κ3) is 9.90. The maximum absolute atomic E-state index is 11.0. The molecule has 0 aliphatic carbocycles. The van der Waals surface area contributed by atoms with Gasteiger partial charge in [-0.2, -0.15) is 0 Å². The van der Waals surface area contributed by atoms with Gasteiger partial charge in [0.1, 0.15) is 0 Å². The van der Waals surface area contributed by atoms with Gasteiger partial charge in [0.2, 0.25) is 10.5 Å². The van der Waals surface area contributed by atoms with Crippen LogP contribution in [-0.2, 0) is 9.59 Å². The van der Waals surface area contributed by atoms with Gasteiger partial charge in [0.15, 0.2) is 0 Å². The van der Waals surface area contributed by atoms with Gasteiger partial charge in [0.05, 0.1) is 0 Å². The summed E-state index contributed by atoms with van der Waals surface area (Å²) in [4.78, 5) is 21.5. The van der Waals surface area contributed by atoms with Crippen LogP contribution >= 0.6 is 23.2 Å². The van der Waals surface area contributed by atoms with E-state index in [-0.39, 0.29) is 16.4 Å². The molecule has 0 amide bonds. The molecule has 0 aromatic carbocycles. The molecule has 0 N–H and O–H groups in total. The lowest BCUT2D eigenvalue weighted by atomic mass is 9.91. The van der Waals surface area contributed by atoms with E-state index in [1.54, 1.807) is 0 Å². The highest BCUT2D eigenvalue weighted by atomic mass is 35.5. The van der Waals surface area contributed by atoms with E-state index >= 15 is 0 Å². The molecule has 0 aromatic heterocycles. The second-order valence-electron chi connectivity index (χ2n) is 5.09. The van der Waals surface area contributed by atoms with Gasteiger partial charge in [-0.1, -0.05) is 46.0 Å². The van der Waals surface area contributed by atoms with Gasteiger partial charge in [-0.25, -0.2) is 0 Å². The van der Waals surface area contributed by atoms with Gasteiger partial charge in [-0.05, 0) is 42.0 Å². The molecule has 106 valence electrons. The highest BCUT2D eigenvalue weighted by Crippen LogP contribution is 2.21. The Morgan fingerprint density at radius 2 is 1.39 bits per heavy atom. The zero-order valence-corrected chi connectivity index (χ0v) is 12.9. The highest BCUT2D eigenvalue weighted by molar-refractivity contribution is 6.64. The molecule has 0 heterocycles. The number of halogens is 2. The lowest BCUT2D eigenvalue weighted by molar-refractivity contribution is -0.116. The highest BCUT2D eigenvalue weighted by Gasteiger charge is 2.17. The van der Waals surface area contributed by atoms with Crippen LogP contribution in [0.2, 0.25) is 0 Å². The van der Waals surface area contributed by atoms with Gasteiger partial charge >= 0.3 is 0 Å². The van der Waals surface area contributed by atoms with Crippen molar-refractivity contribution in [3.05, 3.63) is 0 Å². The number of hydrogen-bond acceptors (Lipinski definition) is 2. The minimum absolute atomic E-state index is 0.0404. The summed E-state index contributed by atoms with van der Waals surface area (Å²) < 4.78 is 0. The zero-order valence-electron chi connectivity index (χ0n) is 11.4. The minimum Gasteiger partial charge on any atom is -0.281 e. The van der Waals surface area contributed by atoms with E-state index in [1.807, 2.05) is 6.92 Å². The summed E-state index contributed by atoms with van der Waals surface area (Å²) in [5, 5.41) is -0.461. The fourth-order valence-corrected chi connectivity index (χ4v) is 2.26. The van der Waals surface area contributed by atoms with Crippen LogP contribution in [0.15, 0.2) is 0 Å². The van der Waals surface area contributed by atoms with Crippen molar-refractivity contribution in [1.29, 1.82) is 0 Å². The van der Waals surface area contributed by atoms with Gasteiger partial charge in [0.25, 0.3) is 0 Å². The summed E-state index contributed by atoms with van der Waals surface area (Å²) in [7, 11) is 0. The lowest BCUT2D eigenvalue weighted by Crippen LogP contribution is -2.14. The Balaban J connectivity index is 3.35. The summed E-state index contributed by atoms with van der Waals surface area (Å²) in [6.07, 6.45) is 8.19. The third-order valence-electron chi connectivity index (χ3n) is 3.49. The van der Waals surface area contributed by atoms with Gasteiger partial charge < -0.3 is 0 Å². The number of unbranched alkanes of at least 4 members (excludes halogenated alkanes) is 5. The summed E-state index contributed by atoms with van der Waals surface area (Å²) in [5.74, 6) is 0.324. The maximum atomic E-state index is 11.0. The predicted octanol–water partition coefficient (Wildman–Crippen LogP) is 4.91. The van der Waals surface area contributed by atoms with Crippen LogP contribution in [0.3, 0.4) is 0 Å². The molecule has 18 heavy (non-hydrogen) atoms. The van der Waals surface area contributed by atoms with Crippen LogP contribution in [-0.4, -0.2) is 10.5 Å². The number of carbonyl (C=O) groups excluding carboxylic acids is 2. The summed E-state index contributed by atoms with van der Waals surface area (Å²) in [6.45, 7) is 3.97. The van der Waals surface area contributed by atoms with E-state index in [0.717, 1.165) is 32.1 Å². The third-order valence-corrected chi connectivity index (χ3v) is 4.03. The summed E-state index contributed by atoms with van der Waals surface area (Å²) >= 11 is 10.7. The van der Waals surface area contributed by atoms with E-state index in [2.05, 4.69) is 6.92 Å². The largest absolute Gasteiger partial charge is 0.281 e. The summed E-state index contributed by atoms with van der Waals surface area (Å²) in [6, 6.07) is 0. The van der Waals surface area contributed by atoms with E-state index in [4.69, 9.17) is 23.2 Å². The van der Waals surface area contributed by atoms with Crippen LogP contribution in [0.1, 0.15) is 65.2 Å². The van der Waals surface area contributed by atoms with Crippen LogP contribution in [0.25, 0.3) is 0 Å². The van der Waals surface area contributed by atoms with Crippen molar-refractivity contribution < 1.29 is 9.59 Å². The molecule has 0 bridgehead atoms. The molecule has 0 spiro atoms. The second kappa shape index (κ2) is 10.8. The van der Waals surface area contributed by atoms with Crippen molar-refractivity contribution in [3.63, 3.8) is 0 Å². The SMILES string of the molecule is CC(CCCCCCCCC(=O)Cl)C(C)C(=O)Cl. The van der Waals surface area contributed by atoms with Crippen LogP contribution in [0, 0.1) is 11.8 Å². The molecular weight excluding hydrogens is 271 g/mol. The van der Waals surface area contributed by atoms with Crippen molar-refractivity contribution >= 4 is 33.7 Å². The van der Waals surface area contributed by atoms with Crippen molar-refractivity contribution in [2.24, 2.45) is 11.8 Å². The molecule has 0 aromatic rings. The number of rotatable bonds is 11. The molecule has 0 saturated heterocycles. The Bertz CT molecular complexity index is 254. The molecule has 2 atom stereocenters. The molecular formula is C14H24Cl2O2. The Hall–Kier alpha value is -0.0800. The van der Waals surface area contributed by atoms with Crippen LogP contribution < -0.4 is 0 Å². The Labute approximate surface area is 120 Å². The minimum atomic E-state index is -0.233. The molecule has 2 unspecified atom stereocenters. The van der Waals surface area contributed by atoms with Gasteiger partial charge in [-0.15, -0.1) is 0 Å². The topological polar surface area (TPSA) is 34.1 Å². The van der Waals surface area contributed by atoms with E-state index in [1.165, 1.54) is 12.8 Å². The van der Waals surface area contributed by atoms with Crippen LogP contribution in [0.4, 0.5) is 0 Å². The number of hydrogen-bond donors (Lipinski definition) is 0. The van der Waals surface area contributed by atoms with E-state index in [9.17, 15) is 9.59 Å². The smallest absolute Gasteiger partial charge is 0.224 e. The molecule has 4 heteroatoms. The lowest BCUT2D eigenvalue weighted by Gasteiger charge is -2.15. The van der Waals surface area contributed by atoms with Gasteiger partial charge in [-0.3, -0.25) is 9.59 Å². The molecule has 0 saturated carbocycles.